The minimum atomic E-state index is -0.210. The molecule has 0 aliphatic heterocycles. The van der Waals surface area contributed by atoms with Gasteiger partial charge in [0.15, 0.2) is 0 Å². The van der Waals surface area contributed by atoms with Crippen LogP contribution in [0.1, 0.15) is 46.0 Å². The highest BCUT2D eigenvalue weighted by molar-refractivity contribution is 5.88. The van der Waals surface area contributed by atoms with Crippen LogP contribution in [0.15, 0.2) is 11.6 Å². The van der Waals surface area contributed by atoms with E-state index in [2.05, 4.69) is 13.8 Å². The predicted octanol–water partition coefficient (Wildman–Crippen LogP) is 2.84. The van der Waals surface area contributed by atoms with Crippen molar-refractivity contribution >= 4 is 5.97 Å². The number of hydrogen-bond acceptors (Lipinski definition) is 3. The molecule has 1 atom stereocenters. The zero-order chi connectivity index (χ0) is 12.0. The fraction of sp³-hybridized carbons (Fsp3) is 0.769. The van der Waals surface area contributed by atoms with Gasteiger partial charge in [-0.1, -0.05) is 19.9 Å². The summed E-state index contributed by atoms with van der Waals surface area (Å²) in [7, 11) is 1.43. The molecule has 3 nitrogen and oxygen atoms in total. The van der Waals surface area contributed by atoms with Crippen LogP contribution in [-0.2, 0) is 14.3 Å². The smallest absolute Gasteiger partial charge is 0.333 e. The van der Waals surface area contributed by atoms with E-state index in [0.29, 0.717) is 12.5 Å². The Morgan fingerprint density at radius 3 is 2.75 bits per heavy atom. The molecule has 0 aromatic carbocycles. The fourth-order valence-electron chi connectivity index (χ4n) is 2.04. The van der Waals surface area contributed by atoms with E-state index in [4.69, 9.17) is 9.47 Å². The molecule has 0 saturated carbocycles. The largest absolute Gasteiger partial charge is 0.466 e. The maximum Gasteiger partial charge on any atom is 0.333 e. The molecule has 1 rings (SSSR count). The summed E-state index contributed by atoms with van der Waals surface area (Å²) in [6.07, 6.45) is 7.16. The monoisotopic (exact) mass is 226 g/mol. The first kappa shape index (κ1) is 13.2. The highest BCUT2D eigenvalue weighted by Gasteiger charge is 2.22. The molecule has 1 aliphatic rings. The Labute approximate surface area is 97.8 Å². The average molecular weight is 226 g/mol. The quantitative estimate of drug-likeness (QED) is 0.676. The van der Waals surface area contributed by atoms with Crippen LogP contribution in [0.25, 0.3) is 0 Å². The average Bonchev–Trinajstić information content (AvgIpc) is 2.35. The van der Waals surface area contributed by atoms with Crippen molar-refractivity contribution in [1.29, 1.82) is 0 Å². The number of carbonyl (C=O) groups is 1. The van der Waals surface area contributed by atoms with Gasteiger partial charge in [-0.25, -0.2) is 4.79 Å². The van der Waals surface area contributed by atoms with E-state index in [9.17, 15) is 4.79 Å². The van der Waals surface area contributed by atoms with Gasteiger partial charge in [0.2, 0.25) is 0 Å². The first-order chi connectivity index (χ1) is 7.71. The highest BCUT2D eigenvalue weighted by atomic mass is 16.5. The highest BCUT2D eigenvalue weighted by Crippen LogP contribution is 2.24. The van der Waals surface area contributed by atoms with Crippen LogP contribution in [0.3, 0.4) is 0 Å². The molecule has 92 valence electrons. The van der Waals surface area contributed by atoms with Crippen LogP contribution >= 0.6 is 0 Å². The van der Waals surface area contributed by atoms with E-state index in [-0.39, 0.29) is 12.1 Å². The second kappa shape index (κ2) is 6.69. The molecule has 0 fully saturated rings. The van der Waals surface area contributed by atoms with Gasteiger partial charge in [-0.3, -0.25) is 0 Å². The first-order valence-electron chi connectivity index (χ1n) is 6.14. The Bertz CT molecular complexity index is 254. The lowest BCUT2D eigenvalue weighted by Gasteiger charge is -2.26. The van der Waals surface area contributed by atoms with Gasteiger partial charge in [0.25, 0.3) is 0 Å². The van der Waals surface area contributed by atoms with E-state index in [1.807, 2.05) is 6.08 Å². The van der Waals surface area contributed by atoms with E-state index < -0.39 is 0 Å². The molecule has 0 aromatic rings. The number of methoxy groups -OCH3 is 1. The van der Waals surface area contributed by atoms with Crippen molar-refractivity contribution in [2.24, 2.45) is 0 Å². The molecular formula is C13H22O3. The van der Waals surface area contributed by atoms with Crippen LogP contribution in [0, 0.1) is 0 Å². The molecule has 0 N–H and O–H groups in total. The first-order valence-corrected chi connectivity index (χ1v) is 6.14. The molecule has 1 unspecified atom stereocenters. The van der Waals surface area contributed by atoms with Crippen molar-refractivity contribution in [2.75, 3.05) is 7.11 Å². The summed E-state index contributed by atoms with van der Waals surface area (Å²) >= 11 is 0. The third-order valence-corrected chi connectivity index (χ3v) is 3.07. The van der Waals surface area contributed by atoms with Crippen molar-refractivity contribution in [1.82, 2.24) is 0 Å². The van der Waals surface area contributed by atoms with E-state index >= 15 is 0 Å². The zero-order valence-electron chi connectivity index (χ0n) is 10.5. The molecule has 0 bridgehead atoms. The third-order valence-electron chi connectivity index (χ3n) is 3.07. The maximum atomic E-state index is 11.4. The van der Waals surface area contributed by atoms with E-state index in [1.54, 1.807) is 0 Å². The van der Waals surface area contributed by atoms with Gasteiger partial charge in [-0.2, -0.15) is 0 Å². The molecule has 0 aromatic heterocycles. The summed E-state index contributed by atoms with van der Waals surface area (Å²) in [5.74, 6) is -0.210. The molecule has 0 saturated heterocycles. The summed E-state index contributed by atoms with van der Waals surface area (Å²) in [6, 6.07) is 0. The van der Waals surface area contributed by atoms with Crippen LogP contribution in [0.5, 0.6) is 0 Å². The number of esters is 1. The number of allylic oxidation sites excluding steroid dienone is 1. The summed E-state index contributed by atoms with van der Waals surface area (Å²) in [6.45, 7) is 4.27. The predicted molar refractivity (Wildman–Crippen MR) is 63.2 cm³/mol. The Balaban J connectivity index is 2.48. The summed E-state index contributed by atoms with van der Waals surface area (Å²) < 4.78 is 10.7. The molecular weight excluding hydrogens is 204 g/mol. The Morgan fingerprint density at radius 2 is 2.19 bits per heavy atom. The number of ether oxygens (including phenoxy) is 2. The summed E-state index contributed by atoms with van der Waals surface area (Å²) in [5.41, 5.74) is 0.768. The molecule has 1 aliphatic carbocycles. The third kappa shape index (κ3) is 3.63. The topological polar surface area (TPSA) is 35.5 Å². The number of rotatable bonds is 5. The van der Waals surface area contributed by atoms with E-state index in [1.165, 1.54) is 7.11 Å². The van der Waals surface area contributed by atoms with Crippen molar-refractivity contribution in [2.45, 2.75) is 58.2 Å². The SMILES string of the molecule is CCC(CC)OC1CCC=C(C(=O)OC)C1. The normalized spacial score (nSPS) is 20.8. The lowest BCUT2D eigenvalue weighted by molar-refractivity contribution is -0.137. The Morgan fingerprint density at radius 1 is 1.50 bits per heavy atom. The van der Waals surface area contributed by atoms with Crippen LogP contribution in [0.4, 0.5) is 0 Å². The second-order valence-corrected chi connectivity index (χ2v) is 4.20. The van der Waals surface area contributed by atoms with Crippen LogP contribution in [-0.4, -0.2) is 25.3 Å². The number of hydrogen-bond donors (Lipinski definition) is 0. The minimum Gasteiger partial charge on any atom is -0.466 e. The van der Waals surface area contributed by atoms with Crippen molar-refractivity contribution in [3.63, 3.8) is 0 Å². The lowest BCUT2D eigenvalue weighted by Crippen LogP contribution is -2.25. The molecule has 0 amide bonds. The summed E-state index contributed by atoms with van der Waals surface area (Å²) in [4.78, 5) is 11.4. The van der Waals surface area contributed by atoms with Gasteiger partial charge in [-0.05, 0) is 25.7 Å². The van der Waals surface area contributed by atoms with Gasteiger partial charge in [0, 0.05) is 12.0 Å². The molecule has 0 radical (unpaired) electrons. The Kier molecular flexibility index (Phi) is 5.53. The van der Waals surface area contributed by atoms with Crippen LogP contribution < -0.4 is 0 Å². The zero-order valence-corrected chi connectivity index (χ0v) is 10.5. The minimum absolute atomic E-state index is 0.184. The molecule has 0 heterocycles. The van der Waals surface area contributed by atoms with Crippen molar-refractivity contribution in [3.8, 4) is 0 Å². The van der Waals surface area contributed by atoms with Gasteiger partial charge >= 0.3 is 5.97 Å². The standard InChI is InChI=1S/C13H22O3/c1-4-11(5-2)16-12-8-6-7-10(9-12)13(14)15-3/h7,11-12H,4-6,8-9H2,1-3H3. The van der Waals surface area contributed by atoms with Gasteiger partial charge in [-0.15, -0.1) is 0 Å². The number of carbonyl (C=O) groups excluding carboxylic acids is 1. The van der Waals surface area contributed by atoms with Gasteiger partial charge < -0.3 is 9.47 Å². The van der Waals surface area contributed by atoms with Crippen molar-refractivity contribution in [3.05, 3.63) is 11.6 Å². The fourth-order valence-corrected chi connectivity index (χ4v) is 2.04. The molecule has 16 heavy (non-hydrogen) atoms. The second-order valence-electron chi connectivity index (χ2n) is 4.20. The van der Waals surface area contributed by atoms with E-state index in [0.717, 1.165) is 31.3 Å². The van der Waals surface area contributed by atoms with Gasteiger partial charge in [0.05, 0.1) is 19.3 Å². The molecule has 3 heteroatoms. The van der Waals surface area contributed by atoms with Gasteiger partial charge in [0.1, 0.15) is 0 Å². The lowest BCUT2D eigenvalue weighted by atomic mass is 9.96. The Hall–Kier alpha value is -0.830. The molecule has 0 spiro atoms. The van der Waals surface area contributed by atoms with Crippen LogP contribution in [0.2, 0.25) is 0 Å². The maximum absolute atomic E-state index is 11.4. The van der Waals surface area contributed by atoms with Crippen molar-refractivity contribution < 1.29 is 14.3 Å². The summed E-state index contributed by atoms with van der Waals surface area (Å²) in [5, 5.41) is 0.